The lowest BCUT2D eigenvalue weighted by molar-refractivity contribution is 0.0390. The smallest absolute Gasteiger partial charge is 0.107 e. The van der Waals surface area contributed by atoms with Gasteiger partial charge in [-0.1, -0.05) is 0 Å². The van der Waals surface area contributed by atoms with Crippen molar-refractivity contribution in [1.82, 2.24) is 4.98 Å². The van der Waals surface area contributed by atoms with Crippen molar-refractivity contribution in [3.05, 3.63) is 52.0 Å². The highest BCUT2D eigenvalue weighted by Crippen LogP contribution is 2.28. The molecule has 0 aliphatic heterocycles. The molecule has 0 saturated carbocycles. The minimum Gasteiger partial charge on any atom is -0.371 e. The minimum atomic E-state index is 0.00689. The van der Waals surface area contributed by atoms with Crippen LogP contribution in [0.4, 0.5) is 0 Å². The molecule has 0 bridgehead atoms. The molecule has 2 atom stereocenters. The van der Waals surface area contributed by atoms with Gasteiger partial charge in [-0.2, -0.15) is 0 Å². The zero-order valence-electron chi connectivity index (χ0n) is 12.1. The lowest BCUT2D eigenvalue weighted by Crippen LogP contribution is -2.27. The molecule has 2 rings (SSSR count). The monoisotopic (exact) mass is 290 g/mol. The molecule has 2 aromatic rings. The minimum absolute atomic E-state index is 0.00689. The average Bonchev–Trinajstić information content (AvgIpc) is 2.85. The Morgan fingerprint density at radius 2 is 2.05 bits per heavy atom. The predicted molar refractivity (Wildman–Crippen MR) is 84.0 cm³/mol. The standard InChI is InChI=1S/C16H22N2OS/c1-12-7-11-20-16(12)15(13(2)17)19-10-3-4-14-5-8-18-9-6-14/h5-9,11,13,15H,3-4,10,17H2,1-2H3. The van der Waals surface area contributed by atoms with E-state index in [9.17, 15) is 0 Å². The highest BCUT2D eigenvalue weighted by molar-refractivity contribution is 7.10. The molecule has 2 unspecified atom stereocenters. The van der Waals surface area contributed by atoms with Crippen molar-refractivity contribution in [2.45, 2.75) is 38.8 Å². The molecule has 3 nitrogen and oxygen atoms in total. The van der Waals surface area contributed by atoms with Gasteiger partial charge >= 0.3 is 0 Å². The van der Waals surface area contributed by atoms with Crippen LogP contribution >= 0.6 is 11.3 Å². The van der Waals surface area contributed by atoms with Crippen LogP contribution < -0.4 is 5.73 Å². The van der Waals surface area contributed by atoms with E-state index >= 15 is 0 Å². The van der Waals surface area contributed by atoms with Crippen LogP contribution in [-0.4, -0.2) is 17.6 Å². The number of nitrogens with two attached hydrogens (primary N) is 1. The average molecular weight is 290 g/mol. The van der Waals surface area contributed by atoms with Gasteiger partial charge in [-0.3, -0.25) is 4.98 Å². The maximum absolute atomic E-state index is 6.06. The molecule has 2 aromatic heterocycles. The molecule has 0 aliphatic rings. The third-order valence-corrected chi connectivity index (χ3v) is 4.37. The SMILES string of the molecule is Cc1ccsc1C(OCCCc1ccncc1)C(C)N. The summed E-state index contributed by atoms with van der Waals surface area (Å²) in [6.07, 6.45) is 5.67. The normalized spacial score (nSPS) is 14.2. The van der Waals surface area contributed by atoms with Gasteiger partial charge in [0.25, 0.3) is 0 Å². The van der Waals surface area contributed by atoms with Crippen LogP contribution in [0, 0.1) is 6.92 Å². The molecule has 0 saturated heterocycles. The van der Waals surface area contributed by atoms with E-state index in [4.69, 9.17) is 10.5 Å². The first-order valence-corrected chi connectivity index (χ1v) is 7.86. The Morgan fingerprint density at radius 3 is 2.65 bits per heavy atom. The summed E-state index contributed by atoms with van der Waals surface area (Å²) in [5.41, 5.74) is 8.63. The number of pyridine rings is 1. The van der Waals surface area contributed by atoms with Gasteiger partial charge < -0.3 is 10.5 Å². The van der Waals surface area contributed by atoms with Gasteiger partial charge in [-0.05, 0) is 61.4 Å². The van der Waals surface area contributed by atoms with Gasteiger partial charge in [-0.15, -0.1) is 11.3 Å². The Balaban J connectivity index is 1.83. The molecule has 0 fully saturated rings. The third kappa shape index (κ3) is 4.13. The highest BCUT2D eigenvalue weighted by atomic mass is 32.1. The van der Waals surface area contributed by atoms with E-state index < -0.39 is 0 Å². The van der Waals surface area contributed by atoms with Crippen molar-refractivity contribution in [3.8, 4) is 0 Å². The van der Waals surface area contributed by atoms with Crippen LogP contribution in [0.25, 0.3) is 0 Å². The van der Waals surface area contributed by atoms with Crippen molar-refractivity contribution in [2.75, 3.05) is 6.61 Å². The van der Waals surface area contributed by atoms with E-state index in [0.29, 0.717) is 0 Å². The van der Waals surface area contributed by atoms with Gasteiger partial charge in [0.05, 0.1) is 0 Å². The molecular formula is C16H22N2OS. The molecule has 2 N–H and O–H groups in total. The van der Waals surface area contributed by atoms with Crippen molar-refractivity contribution in [3.63, 3.8) is 0 Å². The second-order valence-corrected chi connectivity index (χ2v) is 6.03. The molecular weight excluding hydrogens is 268 g/mol. The van der Waals surface area contributed by atoms with Gasteiger partial charge in [0.2, 0.25) is 0 Å². The second-order valence-electron chi connectivity index (χ2n) is 5.08. The third-order valence-electron chi connectivity index (χ3n) is 3.29. The molecule has 108 valence electrons. The molecule has 0 radical (unpaired) electrons. The molecule has 20 heavy (non-hydrogen) atoms. The summed E-state index contributed by atoms with van der Waals surface area (Å²) in [5.74, 6) is 0. The summed E-state index contributed by atoms with van der Waals surface area (Å²) in [6, 6.07) is 6.22. The van der Waals surface area contributed by atoms with E-state index in [0.717, 1.165) is 19.4 Å². The van der Waals surface area contributed by atoms with Crippen LogP contribution in [0.1, 0.15) is 35.5 Å². The van der Waals surface area contributed by atoms with Crippen molar-refractivity contribution in [1.29, 1.82) is 0 Å². The number of hydrogen-bond donors (Lipinski definition) is 1. The number of ether oxygens (including phenoxy) is 1. The number of aromatic nitrogens is 1. The van der Waals surface area contributed by atoms with Crippen molar-refractivity contribution in [2.24, 2.45) is 5.73 Å². The van der Waals surface area contributed by atoms with Gasteiger partial charge in [0.1, 0.15) is 6.10 Å². The van der Waals surface area contributed by atoms with E-state index in [2.05, 4.69) is 23.4 Å². The molecule has 4 heteroatoms. The summed E-state index contributed by atoms with van der Waals surface area (Å²) < 4.78 is 6.02. The molecule has 0 spiro atoms. The number of aryl methyl sites for hydroxylation is 2. The van der Waals surface area contributed by atoms with Gasteiger partial charge in [0, 0.05) is 29.9 Å². The van der Waals surface area contributed by atoms with E-state index in [1.165, 1.54) is 16.0 Å². The van der Waals surface area contributed by atoms with E-state index in [-0.39, 0.29) is 12.1 Å². The zero-order valence-corrected chi connectivity index (χ0v) is 12.9. The van der Waals surface area contributed by atoms with Crippen LogP contribution in [0.15, 0.2) is 36.0 Å². The Bertz CT molecular complexity index is 510. The molecule has 0 aliphatic carbocycles. The topological polar surface area (TPSA) is 48.1 Å². The number of hydrogen-bond acceptors (Lipinski definition) is 4. The number of thiophene rings is 1. The molecule has 0 amide bonds. The first kappa shape index (κ1) is 15.2. The summed E-state index contributed by atoms with van der Waals surface area (Å²) in [4.78, 5) is 5.28. The van der Waals surface area contributed by atoms with Crippen molar-refractivity contribution < 1.29 is 4.74 Å². The van der Waals surface area contributed by atoms with Gasteiger partial charge in [0.15, 0.2) is 0 Å². The fraction of sp³-hybridized carbons (Fsp3) is 0.438. The van der Waals surface area contributed by atoms with Crippen molar-refractivity contribution >= 4 is 11.3 Å². The Labute approximate surface area is 124 Å². The lowest BCUT2D eigenvalue weighted by atomic mass is 10.1. The van der Waals surface area contributed by atoms with Gasteiger partial charge in [-0.25, -0.2) is 0 Å². The zero-order chi connectivity index (χ0) is 14.4. The van der Waals surface area contributed by atoms with Crippen LogP contribution in [0.5, 0.6) is 0 Å². The lowest BCUT2D eigenvalue weighted by Gasteiger charge is -2.21. The first-order chi connectivity index (χ1) is 9.68. The summed E-state index contributed by atoms with van der Waals surface area (Å²) in [6.45, 7) is 4.85. The number of rotatable bonds is 7. The largest absolute Gasteiger partial charge is 0.371 e. The van der Waals surface area contributed by atoms with Crippen LogP contribution in [0.2, 0.25) is 0 Å². The molecule has 0 aromatic carbocycles. The van der Waals surface area contributed by atoms with E-state index in [1.54, 1.807) is 11.3 Å². The van der Waals surface area contributed by atoms with Crippen LogP contribution in [0.3, 0.4) is 0 Å². The fourth-order valence-corrected chi connectivity index (χ4v) is 3.27. The summed E-state index contributed by atoms with van der Waals surface area (Å²) >= 11 is 1.73. The quantitative estimate of drug-likeness (QED) is 0.794. The van der Waals surface area contributed by atoms with E-state index in [1.807, 2.05) is 31.5 Å². The predicted octanol–water partition coefficient (Wildman–Crippen LogP) is 3.49. The highest BCUT2D eigenvalue weighted by Gasteiger charge is 2.19. The maximum Gasteiger partial charge on any atom is 0.107 e. The number of nitrogens with zero attached hydrogens (tertiary/aromatic N) is 1. The fourth-order valence-electron chi connectivity index (χ4n) is 2.18. The summed E-state index contributed by atoms with van der Waals surface area (Å²) in [5, 5.41) is 2.10. The maximum atomic E-state index is 6.06. The Kier molecular flexibility index (Phi) is 5.71. The second kappa shape index (κ2) is 7.53. The molecule has 2 heterocycles. The Morgan fingerprint density at radius 1 is 1.30 bits per heavy atom. The Hall–Kier alpha value is -1.23. The first-order valence-electron chi connectivity index (χ1n) is 6.98. The van der Waals surface area contributed by atoms with Crippen LogP contribution in [-0.2, 0) is 11.2 Å². The summed E-state index contributed by atoms with van der Waals surface area (Å²) in [7, 11) is 0.